The molecule has 0 bridgehead atoms. The van der Waals surface area contributed by atoms with Gasteiger partial charge >= 0.3 is 5.97 Å². The maximum Gasteiger partial charge on any atom is 0.342 e. The largest absolute Gasteiger partial charge is 0.503 e. The Kier molecular flexibility index (Phi) is 5.64. The van der Waals surface area contributed by atoms with E-state index in [1.807, 2.05) is 37.3 Å². The maximum atomic E-state index is 12.6. The van der Waals surface area contributed by atoms with Crippen LogP contribution in [0.15, 0.2) is 60.9 Å². The van der Waals surface area contributed by atoms with Gasteiger partial charge in [0.1, 0.15) is 5.57 Å². The number of benzene rings is 2. The number of ether oxygens (including phenoxy) is 2. The average Bonchev–Trinajstić information content (AvgIpc) is 3.36. The fourth-order valence-electron chi connectivity index (χ4n) is 3.16. The summed E-state index contributed by atoms with van der Waals surface area (Å²) >= 11 is 1.32. The molecule has 0 aliphatic carbocycles. The third-order valence-electron chi connectivity index (χ3n) is 4.74. The van der Waals surface area contributed by atoms with Gasteiger partial charge in [0.15, 0.2) is 11.6 Å². The zero-order valence-electron chi connectivity index (χ0n) is 17.2. The van der Waals surface area contributed by atoms with Crippen molar-refractivity contribution in [2.45, 2.75) is 6.92 Å². The van der Waals surface area contributed by atoms with Crippen LogP contribution in [0.25, 0.3) is 21.9 Å². The van der Waals surface area contributed by atoms with Crippen LogP contribution in [0.1, 0.15) is 26.5 Å². The quantitative estimate of drug-likeness (QED) is 0.197. The van der Waals surface area contributed by atoms with Crippen LogP contribution in [0.2, 0.25) is 0 Å². The van der Waals surface area contributed by atoms with E-state index in [9.17, 15) is 9.59 Å². The Hall–Kier alpha value is -3.78. The minimum absolute atomic E-state index is 0.0355. The fourth-order valence-corrected chi connectivity index (χ4v) is 4.22. The summed E-state index contributed by atoms with van der Waals surface area (Å²) in [5.74, 6) is 0.00925. The molecule has 4 rings (SSSR count). The number of thiazole rings is 1. The maximum absolute atomic E-state index is 12.6. The average molecular weight is 433 g/mol. The minimum Gasteiger partial charge on any atom is -0.503 e. The van der Waals surface area contributed by atoms with Gasteiger partial charge in [0.05, 0.1) is 31.1 Å². The zero-order valence-corrected chi connectivity index (χ0v) is 18.0. The van der Waals surface area contributed by atoms with Crippen molar-refractivity contribution in [1.82, 2.24) is 14.6 Å². The van der Waals surface area contributed by atoms with Crippen LogP contribution in [0.4, 0.5) is 0 Å². The molecule has 4 aromatic rings. The van der Waals surface area contributed by atoms with Crippen molar-refractivity contribution >= 4 is 33.6 Å². The molecule has 2 aromatic heterocycles. The first-order chi connectivity index (χ1) is 15.0. The van der Waals surface area contributed by atoms with Crippen LogP contribution in [0.3, 0.4) is 0 Å². The molecule has 0 unspecified atom stereocenters. The summed E-state index contributed by atoms with van der Waals surface area (Å²) < 4.78 is 11.6. The van der Waals surface area contributed by atoms with E-state index < -0.39 is 5.97 Å². The lowest BCUT2D eigenvalue weighted by atomic mass is 10.0. The van der Waals surface area contributed by atoms with Crippen LogP contribution in [0, 0.1) is 6.92 Å². The standard InChI is InChI=1S/C23H19N3O4S/c1-14-20(18(13-29-2)22(28)30-3)31-23-24-21(25-26(14)23)17-11-9-16(10-12-17)19(27)15-7-5-4-6-8-15/h4-13H,1-3H3. The van der Waals surface area contributed by atoms with E-state index in [2.05, 4.69) is 10.1 Å². The highest BCUT2D eigenvalue weighted by Crippen LogP contribution is 2.31. The first-order valence-corrected chi connectivity index (χ1v) is 10.2. The second-order valence-corrected chi connectivity index (χ2v) is 7.66. The molecule has 156 valence electrons. The highest BCUT2D eigenvalue weighted by Gasteiger charge is 2.22. The van der Waals surface area contributed by atoms with Gasteiger partial charge in [0.25, 0.3) is 0 Å². The number of rotatable bonds is 6. The summed E-state index contributed by atoms with van der Waals surface area (Å²) in [6.07, 6.45) is 1.35. The number of fused-ring (bicyclic) bond motifs is 1. The molecule has 0 saturated heterocycles. The molecule has 31 heavy (non-hydrogen) atoms. The number of aromatic nitrogens is 3. The number of esters is 1. The Morgan fingerprint density at radius 1 is 1.00 bits per heavy atom. The molecule has 0 amide bonds. The Morgan fingerprint density at radius 3 is 2.29 bits per heavy atom. The molecular weight excluding hydrogens is 414 g/mol. The van der Waals surface area contributed by atoms with Crippen LogP contribution < -0.4 is 0 Å². The summed E-state index contributed by atoms with van der Waals surface area (Å²) in [6.45, 7) is 1.85. The summed E-state index contributed by atoms with van der Waals surface area (Å²) in [5.41, 5.74) is 3.10. The predicted octanol–water partition coefficient (Wildman–Crippen LogP) is 4.16. The van der Waals surface area contributed by atoms with Crippen molar-refractivity contribution in [3.63, 3.8) is 0 Å². The molecule has 8 heteroatoms. The van der Waals surface area contributed by atoms with Crippen molar-refractivity contribution in [2.24, 2.45) is 0 Å². The normalized spacial score (nSPS) is 11.5. The highest BCUT2D eigenvalue weighted by atomic mass is 32.1. The van der Waals surface area contributed by atoms with Gasteiger partial charge in [-0.15, -0.1) is 5.10 Å². The van der Waals surface area contributed by atoms with Gasteiger partial charge in [-0.1, -0.05) is 65.9 Å². The van der Waals surface area contributed by atoms with Crippen molar-refractivity contribution in [3.05, 3.63) is 82.6 Å². The zero-order chi connectivity index (χ0) is 22.0. The lowest BCUT2D eigenvalue weighted by Crippen LogP contribution is -2.05. The number of methoxy groups -OCH3 is 2. The second kappa shape index (κ2) is 8.53. The summed E-state index contributed by atoms with van der Waals surface area (Å²) in [6, 6.07) is 16.4. The second-order valence-electron chi connectivity index (χ2n) is 6.68. The van der Waals surface area contributed by atoms with Crippen molar-refractivity contribution in [1.29, 1.82) is 0 Å². The SMILES string of the molecule is COC=C(C(=O)OC)c1sc2nc(-c3ccc(C(=O)c4ccccc4)cc3)nn2c1C. The van der Waals surface area contributed by atoms with E-state index in [1.165, 1.54) is 31.8 Å². The van der Waals surface area contributed by atoms with E-state index in [1.54, 1.807) is 28.8 Å². The summed E-state index contributed by atoms with van der Waals surface area (Å²) in [5, 5.41) is 4.57. The topological polar surface area (TPSA) is 82.8 Å². The van der Waals surface area contributed by atoms with Gasteiger partial charge in [0.2, 0.25) is 4.96 Å². The molecule has 0 aliphatic rings. The van der Waals surface area contributed by atoms with Crippen LogP contribution in [0.5, 0.6) is 0 Å². The molecule has 0 radical (unpaired) electrons. The molecule has 2 heterocycles. The Bertz CT molecular complexity index is 1290. The van der Waals surface area contributed by atoms with Gasteiger partial charge in [0, 0.05) is 16.7 Å². The first-order valence-electron chi connectivity index (χ1n) is 9.41. The molecule has 0 saturated carbocycles. The lowest BCUT2D eigenvalue weighted by Gasteiger charge is -2.04. The highest BCUT2D eigenvalue weighted by molar-refractivity contribution is 7.18. The number of ketones is 1. The number of carbonyl (C=O) groups excluding carboxylic acids is 2. The van der Waals surface area contributed by atoms with Gasteiger partial charge in [-0.25, -0.2) is 9.31 Å². The van der Waals surface area contributed by atoms with Gasteiger partial charge in [-0.3, -0.25) is 4.79 Å². The molecule has 0 aliphatic heterocycles. The predicted molar refractivity (Wildman–Crippen MR) is 118 cm³/mol. The van der Waals surface area contributed by atoms with Gasteiger partial charge < -0.3 is 9.47 Å². The monoisotopic (exact) mass is 433 g/mol. The molecule has 0 fully saturated rings. The number of nitrogens with zero attached hydrogens (tertiary/aromatic N) is 3. The Morgan fingerprint density at radius 2 is 1.68 bits per heavy atom. The van der Waals surface area contributed by atoms with Gasteiger partial charge in [-0.2, -0.15) is 4.98 Å². The number of carbonyl (C=O) groups is 2. The first kappa shape index (κ1) is 20.5. The van der Waals surface area contributed by atoms with E-state index in [-0.39, 0.29) is 5.78 Å². The number of aryl methyl sites for hydroxylation is 1. The summed E-state index contributed by atoms with van der Waals surface area (Å²) in [7, 11) is 2.79. The van der Waals surface area contributed by atoms with E-state index in [4.69, 9.17) is 9.47 Å². The third-order valence-corrected chi connectivity index (χ3v) is 5.91. The fraction of sp³-hybridized carbons (Fsp3) is 0.130. The number of hydrogen-bond donors (Lipinski definition) is 0. The van der Waals surface area contributed by atoms with E-state index in [0.29, 0.717) is 32.4 Å². The Labute approximate surface area is 182 Å². The number of hydrogen-bond acceptors (Lipinski definition) is 7. The molecule has 0 atom stereocenters. The molecule has 0 N–H and O–H groups in total. The third kappa shape index (κ3) is 3.85. The lowest BCUT2D eigenvalue weighted by molar-refractivity contribution is -0.133. The smallest absolute Gasteiger partial charge is 0.342 e. The van der Waals surface area contributed by atoms with Crippen LogP contribution >= 0.6 is 11.3 Å². The molecule has 7 nitrogen and oxygen atoms in total. The minimum atomic E-state index is -0.492. The molecular formula is C23H19N3O4S. The van der Waals surface area contributed by atoms with E-state index in [0.717, 1.165) is 11.3 Å². The van der Waals surface area contributed by atoms with Crippen LogP contribution in [-0.4, -0.2) is 40.6 Å². The van der Waals surface area contributed by atoms with Crippen molar-refractivity contribution in [3.8, 4) is 11.4 Å². The van der Waals surface area contributed by atoms with Crippen molar-refractivity contribution in [2.75, 3.05) is 14.2 Å². The Balaban J connectivity index is 1.65. The summed E-state index contributed by atoms with van der Waals surface area (Å²) in [4.78, 5) is 30.6. The van der Waals surface area contributed by atoms with E-state index >= 15 is 0 Å². The van der Waals surface area contributed by atoms with Crippen LogP contribution in [-0.2, 0) is 14.3 Å². The molecule has 2 aromatic carbocycles. The van der Waals surface area contributed by atoms with Gasteiger partial charge in [-0.05, 0) is 6.92 Å². The molecule has 0 spiro atoms. The van der Waals surface area contributed by atoms with Crippen molar-refractivity contribution < 1.29 is 19.1 Å².